The van der Waals surface area contributed by atoms with Crippen molar-refractivity contribution in [2.45, 2.75) is 103 Å². The highest BCUT2D eigenvalue weighted by Crippen LogP contribution is 2.43. The second-order valence-corrected chi connectivity index (χ2v) is 16.2. The van der Waals surface area contributed by atoms with E-state index >= 15 is 0 Å². The number of methoxy groups -OCH3 is 2. The van der Waals surface area contributed by atoms with Gasteiger partial charge in [-0.3, -0.25) is 4.98 Å². The average Bonchev–Trinajstić information content (AvgIpc) is 3.24. The molecule has 0 unspecified atom stereocenters. The standard InChI is InChI=1S/C26H44N2O3SSi/c1-18(2)33(19(3)4,20(5)6)31-21(7)13-11-10-12-14-24-28-22(17-32-24)25-26(30-9)23(29-8)15-16-27-25/h15-21H,10-14H2,1-9H3/t21-/m1/s1. The summed E-state index contributed by atoms with van der Waals surface area (Å²) in [5.74, 6) is 1.31. The van der Waals surface area contributed by atoms with E-state index in [2.05, 4.69) is 58.8 Å². The Kier molecular flexibility index (Phi) is 10.8. The van der Waals surface area contributed by atoms with Crippen LogP contribution in [0.4, 0.5) is 0 Å². The minimum atomic E-state index is -1.79. The third kappa shape index (κ3) is 6.80. The van der Waals surface area contributed by atoms with Crippen molar-refractivity contribution < 1.29 is 13.9 Å². The van der Waals surface area contributed by atoms with Gasteiger partial charge in [-0.2, -0.15) is 0 Å². The van der Waals surface area contributed by atoms with Crippen molar-refractivity contribution in [2.75, 3.05) is 14.2 Å². The van der Waals surface area contributed by atoms with Gasteiger partial charge in [0.15, 0.2) is 11.5 Å². The smallest absolute Gasteiger partial charge is 0.200 e. The molecule has 2 heterocycles. The molecule has 0 fully saturated rings. The molecule has 0 spiro atoms. The molecular weight excluding hydrogens is 448 g/mol. The Morgan fingerprint density at radius 1 is 0.909 bits per heavy atom. The van der Waals surface area contributed by atoms with Gasteiger partial charge in [-0.25, -0.2) is 4.98 Å². The predicted molar refractivity (Wildman–Crippen MR) is 142 cm³/mol. The fourth-order valence-electron chi connectivity index (χ4n) is 5.21. The van der Waals surface area contributed by atoms with Gasteiger partial charge in [0.25, 0.3) is 0 Å². The maximum Gasteiger partial charge on any atom is 0.200 e. The van der Waals surface area contributed by atoms with Crippen LogP contribution >= 0.6 is 11.3 Å². The van der Waals surface area contributed by atoms with Gasteiger partial charge >= 0.3 is 0 Å². The van der Waals surface area contributed by atoms with Crippen LogP contribution < -0.4 is 9.47 Å². The number of thiazole rings is 1. The topological polar surface area (TPSA) is 53.5 Å². The van der Waals surface area contributed by atoms with Gasteiger partial charge in [0.05, 0.1) is 19.2 Å². The lowest BCUT2D eigenvalue weighted by Crippen LogP contribution is -2.49. The molecular formula is C26H44N2O3SSi. The molecule has 7 heteroatoms. The Morgan fingerprint density at radius 2 is 1.58 bits per heavy atom. The molecule has 2 aromatic rings. The van der Waals surface area contributed by atoms with Crippen LogP contribution in [0.25, 0.3) is 11.4 Å². The van der Waals surface area contributed by atoms with E-state index in [1.165, 1.54) is 12.8 Å². The van der Waals surface area contributed by atoms with E-state index in [1.54, 1.807) is 37.8 Å². The number of nitrogens with zero attached hydrogens (tertiary/aromatic N) is 2. The van der Waals surface area contributed by atoms with Crippen LogP contribution in [-0.4, -0.2) is 38.6 Å². The van der Waals surface area contributed by atoms with E-state index in [1.807, 2.05) is 0 Å². The Morgan fingerprint density at radius 3 is 2.15 bits per heavy atom. The van der Waals surface area contributed by atoms with Crippen LogP contribution in [0.3, 0.4) is 0 Å². The molecule has 0 saturated carbocycles. The van der Waals surface area contributed by atoms with E-state index in [-0.39, 0.29) is 0 Å². The average molecular weight is 493 g/mol. The maximum atomic E-state index is 6.88. The molecule has 0 aliphatic rings. The molecule has 5 nitrogen and oxygen atoms in total. The number of aryl methyl sites for hydroxylation is 1. The molecule has 1 atom stereocenters. The van der Waals surface area contributed by atoms with Crippen LogP contribution in [0.15, 0.2) is 17.6 Å². The van der Waals surface area contributed by atoms with E-state index in [4.69, 9.17) is 18.9 Å². The highest BCUT2D eigenvalue weighted by atomic mass is 32.1. The molecule has 2 rings (SSSR count). The molecule has 0 saturated heterocycles. The number of ether oxygens (including phenoxy) is 2. The van der Waals surface area contributed by atoms with Crippen LogP contribution in [0.1, 0.15) is 79.2 Å². The highest BCUT2D eigenvalue weighted by Gasteiger charge is 2.45. The van der Waals surface area contributed by atoms with Crippen molar-refractivity contribution in [2.24, 2.45) is 0 Å². The van der Waals surface area contributed by atoms with Crippen molar-refractivity contribution in [3.8, 4) is 22.9 Å². The first-order valence-electron chi connectivity index (χ1n) is 12.4. The van der Waals surface area contributed by atoms with Gasteiger partial charge in [-0.05, 0) is 42.8 Å². The molecule has 0 bridgehead atoms. The zero-order chi connectivity index (χ0) is 24.6. The summed E-state index contributed by atoms with van der Waals surface area (Å²) in [4.78, 5) is 9.27. The fraction of sp³-hybridized carbons (Fsp3) is 0.692. The lowest BCUT2D eigenvalue weighted by atomic mass is 10.1. The summed E-state index contributed by atoms with van der Waals surface area (Å²) in [7, 11) is 1.48. The summed E-state index contributed by atoms with van der Waals surface area (Å²) in [6.45, 7) is 16.4. The second-order valence-electron chi connectivity index (χ2n) is 9.87. The number of aromatic nitrogens is 2. The quantitative estimate of drug-likeness (QED) is 0.198. The summed E-state index contributed by atoms with van der Waals surface area (Å²) in [6.07, 6.45) is 7.73. The third-order valence-corrected chi connectivity index (χ3v) is 13.8. The second kappa shape index (κ2) is 12.9. The van der Waals surface area contributed by atoms with E-state index < -0.39 is 8.32 Å². The number of pyridine rings is 1. The van der Waals surface area contributed by atoms with E-state index in [0.29, 0.717) is 34.2 Å². The first-order valence-corrected chi connectivity index (χ1v) is 15.4. The summed E-state index contributed by atoms with van der Waals surface area (Å²) in [6, 6.07) is 1.80. The molecule has 2 aromatic heterocycles. The number of hydrogen-bond acceptors (Lipinski definition) is 6. The summed E-state index contributed by atoms with van der Waals surface area (Å²) < 4.78 is 17.8. The van der Waals surface area contributed by atoms with Crippen molar-refractivity contribution in [1.29, 1.82) is 0 Å². The minimum absolute atomic E-state index is 0.335. The first-order chi connectivity index (χ1) is 15.7. The predicted octanol–water partition coefficient (Wildman–Crippen LogP) is 7.91. The summed E-state index contributed by atoms with van der Waals surface area (Å²) in [5, 5.41) is 3.20. The Balaban J connectivity index is 1.85. The summed E-state index contributed by atoms with van der Waals surface area (Å²) >= 11 is 1.69. The molecule has 0 N–H and O–H groups in total. The lowest BCUT2D eigenvalue weighted by Gasteiger charge is -2.44. The molecule has 0 radical (unpaired) electrons. The highest BCUT2D eigenvalue weighted by molar-refractivity contribution is 7.09. The number of hydrogen-bond donors (Lipinski definition) is 0. The van der Waals surface area contributed by atoms with Gasteiger partial charge < -0.3 is 13.9 Å². The van der Waals surface area contributed by atoms with Gasteiger partial charge in [-0.15, -0.1) is 11.3 Å². The molecule has 33 heavy (non-hydrogen) atoms. The largest absolute Gasteiger partial charge is 0.493 e. The van der Waals surface area contributed by atoms with Crippen LogP contribution in [0.5, 0.6) is 11.5 Å². The normalized spacial score (nSPS) is 13.2. The monoisotopic (exact) mass is 492 g/mol. The van der Waals surface area contributed by atoms with Crippen LogP contribution in [0.2, 0.25) is 16.6 Å². The molecule has 0 aliphatic heterocycles. The zero-order valence-corrected chi connectivity index (χ0v) is 23.9. The molecule has 0 aromatic carbocycles. The minimum Gasteiger partial charge on any atom is -0.493 e. The molecule has 0 aliphatic carbocycles. The van der Waals surface area contributed by atoms with Crippen LogP contribution in [-0.2, 0) is 10.8 Å². The summed E-state index contributed by atoms with van der Waals surface area (Å²) in [5.41, 5.74) is 3.49. The maximum absolute atomic E-state index is 6.88. The number of unbranched alkanes of at least 4 members (excludes halogenated alkanes) is 2. The zero-order valence-electron chi connectivity index (χ0n) is 22.1. The first kappa shape index (κ1) is 27.8. The van der Waals surface area contributed by atoms with E-state index in [0.717, 1.165) is 35.7 Å². The lowest BCUT2D eigenvalue weighted by molar-refractivity contribution is 0.178. The Labute approximate surface area is 206 Å². The SMILES string of the molecule is COc1ccnc(-c2csc(CCCCC[C@@H](C)O[Si](C(C)C)(C(C)C)C(C)C)n2)c1OC. The van der Waals surface area contributed by atoms with Gasteiger partial charge in [0.2, 0.25) is 8.32 Å². The van der Waals surface area contributed by atoms with Crippen LogP contribution in [0, 0.1) is 0 Å². The van der Waals surface area contributed by atoms with Gasteiger partial charge in [0.1, 0.15) is 11.4 Å². The Hall–Kier alpha value is -1.44. The molecule has 186 valence electrons. The fourth-order valence-corrected chi connectivity index (χ4v) is 11.7. The van der Waals surface area contributed by atoms with Crippen molar-refractivity contribution in [1.82, 2.24) is 9.97 Å². The third-order valence-electron chi connectivity index (χ3n) is 6.70. The van der Waals surface area contributed by atoms with Gasteiger partial charge in [0, 0.05) is 23.7 Å². The number of rotatable bonds is 14. The van der Waals surface area contributed by atoms with E-state index in [9.17, 15) is 0 Å². The Bertz CT molecular complexity index is 832. The van der Waals surface area contributed by atoms with Crippen molar-refractivity contribution in [3.05, 3.63) is 22.7 Å². The van der Waals surface area contributed by atoms with Crippen molar-refractivity contribution >= 4 is 19.7 Å². The van der Waals surface area contributed by atoms with Crippen molar-refractivity contribution in [3.63, 3.8) is 0 Å². The van der Waals surface area contributed by atoms with Gasteiger partial charge in [-0.1, -0.05) is 54.4 Å². The molecule has 0 amide bonds.